The summed E-state index contributed by atoms with van der Waals surface area (Å²) < 4.78 is 39.8. The van der Waals surface area contributed by atoms with Gasteiger partial charge in [-0.25, -0.2) is 9.88 Å². The number of nitrogens with zero attached hydrogens (tertiary/aromatic N) is 4. The summed E-state index contributed by atoms with van der Waals surface area (Å²) in [6, 6.07) is 11.1. The zero-order valence-electron chi connectivity index (χ0n) is 14.8. The van der Waals surface area contributed by atoms with Gasteiger partial charge in [0.25, 0.3) is 0 Å². The number of thiocarbonyl (C=S) groups is 1. The van der Waals surface area contributed by atoms with Gasteiger partial charge in [0.15, 0.2) is 10.8 Å². The average molecular weight is 404 g/mol. The number of alkyl halides is 3. The third-order valence-electron chi connectivity index (χ3n) is 4.29. The summed E-state index contributed by atoms with van der Waals surface area (Å²) in [4.78, 5) is 18.9. The van der Waals surface area contributed by atoms with Crippen molar-refractivity contribution in [3.8, 4) is 6.07 Å². The van der Waals surface area contributed by atoms with E-state index in [4.69, 9.17) is 17.5 Å². The molecule has 1 aromatic heterocycles. The number of carbonyl (C=O) groups is 1. The van der Waals surface area contributed by atoms with Crippen LogP contribution in [0.2, 0.25) is 0 Å². The van der Waals surface area contributed by atoms with Crippen LogP contribution < -0.4 is 9.80 Å². The van der Waals surface area contributed by atoms with Crippen LogP contribution in [-0.2, 0) is 11.0 Å². The van der Waals surface area contributed by atoms with E-state index in [1.807, 2.05) is 31.2 Å². The van der Waals surface area contributed by atoms with E-state index in [1.165, 1.54) is 12.1 Å². The van der Waals surface area contributed by atoms with Crippen LogP contribution in [0.4, 0.5) is 24.7 Å². The van der Waals surface area contributed by atoms with Crippen molar-refractivity contribution in [2.45, 2.75) is 25.9 Å². The monoisotopic (exact) mass is 404 g/mol. The van der Waals surface area contributed by atoms with E-state index in [1.54, 1.807) is 4.90 Å². The number of nitriles is 1. The lowest BCUT2D eigenvalue weighted by Gasteiger charge is -2.29. The van der Waals surface area contributed by atoms with Crippen molar-refractivity contribution in [2.75, 3.05) is 16.3 Å². The molecule has 0 unspecified atom stereocenters. The summed E-state index contributed by atoms with van der Waals surface area (Å²) in [5, 5.41) is 8.99. The smallest absolute Gasteiger partial charge is 0.318 e. The highest BCUT2D eigenvalue weighted by Gasteiger charge is 2.38. The number of aromatic nitrogens is 1. The first-order chi connectivity index (χ1) is 13.2. The molecule has 5 nitrogen and oxygen atoms in total. The molecule has 0 atom stereocenters. The number of halogens is 3. The van der Waals surface area contributed by atoms with Gasteiger partial charge < -0.3 is 4.90 Å². The van der Waals surface area contributed by atoms with Crippen molar-refractivity contribution in [2.24, 2.45) is 0 Å². The maximum absolute atomic E-state index is 13.3. The van der Waals surface area contributed by atoms with Gasteiger partial charge in [-0.15, -0.1) is 0 Å². The Kier molecular flexibility index (Phi) is 5.34. The minimum atomic E-state index is -4.83. The Hall–Kier alpha value is -2.99. The SMILES string of the molecule is Cc1ccc(N2CCCC(=O)N(c3ccc(C#N)c(C(F)(F)F)n3)C2=S)cc1. The largest absolute Gasteiger partial charge is 0.434 e. The zero-order valence-corrected chi connectivity index (χ0v) is 15.6. The molecule has 1 amide bonds. The summed E-state index contributed by atoms with van der Waals surface area (Å²) in [5.41, 5.74) is -0.171. The molecule has 144 valence electrons. The quantitative estimate of drug-likeness (QED) is 0.702. The van der Waals surface area contributed by atoms with E-state index in [2.05, 4.69) is 4.98 Å². The third-order valence-corrected chi connectivity index (χ3v) is 4.69. The fourth-order valence-electron chi connectivity index (χ4n) is 2.89. The van der Waals surface area contributed by atoms with E-state index in [0.29, 0.717) is 13.0 Å². The standard InChI is InChI=1S/C19H15F3N4OS/c1-12-4-7-14(8-5-12)25-10-2-3-16(27)26(18(25)28)15-9-6-13(11-23)17(24-15)19(20,21)22/h4-9H,2-3,10H2,1H3. The second kappa shape index (κ2) is 7.56. The Morgan fingerprint density at radius 2 is 1.86 bits per heavy atom. The fourth-order valence-corrected chi connectivity index (χ4v) is 3.28. The van der Waals surface area contributed by atoms with Gasteiger partial charge in [-0.3, -0.25) is 4.79 Å². The van der Waals surface area contributed by atoms with Gasteiger partial charge in [-0.1, -0.05) is 17.7 Å². The zero-order chi connectivity index (χ0) is 20.5. The molecule has 1 saturated heterocycles. The number of anilines is 2. The Bertz CT molecular complexity index is 967. The molecule has 0 spiro atoms. The molecule has 28 heavy (non-hydrogen) atoms. The normalized spacial score (nSPS) is 15.4. The first-order valence-corrected chi connectivity index (χ1v) is 8.82. The highest BCUT2D eigenvalue weighted by atomic mass is 32.1. The molecule has 0 aliphatic carbocycles. The highest BCUT2D eigenvalue weighted by Crippen LogP contribution is 2.33. The van der Waals surface area contributed by atoms with Crippen LogP contribution in [-0.4, -0.2) is 22.5 Å². The van der Waals surface area contributed by atoms with Gasteiger partial charge >= 0.3 is 6.18 Å². The Balaban J connectivity index is 2.06. The van der Waals surface area contributed by atoms with Gasteiger partial charge in [-0.05, 0) is 49.8 Å². The molecular weight excluding hydrogens is 389 g/mol. The lowest BCUT2D eigenvalue weighted by molar-refractivity contribution is -0.141. The van der Waals surface area contributed by atoms with Crippen LogP contribution in [0.3, 0.4) is 0 Å². The van der Waals surface area contributed by atoms with Crippen LogP contribution in [0.5, 0.6) is 0 Å². The maximum atomic E-state index is 13.3. The average Bonchev–Trinajstić information content (AvgIpc) is 2.79. The number of hydrogen-bond acceptors (Lipinski definition) is 4. The molecular formula is C19H15F3N4OS. The van der Waals surface area contributed by atoms with Gasteiger partial charge in [0.05, 0.1) is 5.56 Å². The number of rotatable bonds is 2. The third kappa shape index (κ3) is 3.82. The van der Waals surface area contributed by atoms with E-state index in [9.17, 15) is 18.0 Å². The second-order valence-corrected chi connectivity index (χ2v) is 6.64. The Labute approximate surface area is 165 Å². The Morgan fingerprint density at radius 1 is 1.18 bits per heavy atom. The van der Waals surface area contributed by atoms with Crippen molar-refractivity contribution in [1.82, 2.24) is 4.98 Å². The Morgan fingerprint density at radius 3 is 2.46 bits per heavy atom. The molecule has 0 saturated carbocycles. The van der Waals surface area contributed by atoms with E-state index in [-0.39, 0.29) is 17.4 Å². The molecule has 1 fully saturated rings. The molecule has 3 rings (SSSR count). The van der Waals surface area contributed by atoms with Crippen molar-refractivity contribution < 1.29 is 18.0 Å². The predicted octanol–water partition coefficient (Wildman–Crippen LogP) is 4.20. The first-order valence-electron chi connectivity index (χ1n) is 8.42. The van der Waals surface area contributed by atoms with Crippen LogP contribution in [0.1, 0.15) is 29.7 Å². The van der Waals surface area contributed by atoms with Crippen LogP contribution in [0, 0.1) is 18.3 Å². The topological polar surface area (TPSA) is 60.2 Å². The number of benzene rings is 1. The minimum Gasteiger partial charge on any atom is -0.318 e. The predicted molar refractivity (Wildman–Crippen MR) is 102 cm³/mol. The molecule has 0 N–H and O–H groups in total. The molecule has 9 heteroatoms. The van der Waals surface area contributed by atoms with Crippen molar-refractivity contribution in [3.63, 3.8) is 0 Å². The summed E-state index contributed by atoms with van der Waals surface area (Å²) in [6.07, 6.45) is -4.22. The molecule has 0 bridgehead atoms. The minimum absolute atomic E-state index is 0.0525. The lowest BCUT2D eigenvalue weighted by Crippen LogP contribution is -2.44. The molecule has 1 aromatic carbocycles. The van der Waals surface area contributed by atoms with E-state index < -0.39 is 23.3 Å². The number of hydrogen-bond donors (Lipinski definition) is 0. The molecule has 2 aromatic rings. The van der Waals surface area contributed by atoms with Gasteiger partial charge in [0.2, 0.25) is 5.91 Å². The molecule has 0 radical (unpaired) electrons. The number of pyridine rings is 1. The summed E-state index contributed by atoms with van der Waals surface area (Å²) in [5.74, 6) is -0.690. The van der Waals surface area contributed by atoms with E-state index >= 15 is 0 Å². The summed E-state index contributed by atoms with van der Waals surface area (Å²) >= 11 is 5.45. The molecule has 2 heterocycles. The number of aryl methyl sites for hydroxylation is 1. The van der Waals surface area contributed by atoms with Crippen LogP contribution in [0.25, 0.3) is 0 Å². The van der Waals surface area contributed by atoms with Crippen molar-refractivity contribution in [3.05, 3.63) is 53.2 Å². The van der Waals surface area contributed by atoms with Gasteiger partial charge in [-0.2, -0.15) is 18.4 Å². The number of amides is 1. The lowest BCUT2D eigenvalue weighted by atomic mass is 10.2. The molecule has 1 aliphatic rings. The number of carbonyl (C=O) groups excluding carboxylic acids is 1. The fraction of sp³-hybridized carbons (Fsp3) is 0.263. The highest BCUT2D eigenvalue weighted by molar-refractivity contribution is 7.81. The first kappa shape index (κ1) is 19.8. The van der Waals surface area contributed by atoms with Gasteiger partial charge in [0, 0.05) is 18.7 Å². The van der Waals surface area contributed by atoms with Gasteiger partial charge in [0.1, 0.15) is 11.9 Å². The maximum Gasteiger partial charge on any atom is 0.434 e. The summed E-state index contributed by atoms with van der Waals surface area (Å²) in [7, 11) is 0. The molecule has 1 aliphatic heterocycles. The van der Waals surface area contributed by atoms with Crippen molar-refractivity contribution >= 4 is 34.7 Å². The van der Waals surface area contributed by atoms with Crippen molar-refractivity contribution in [1.29, 1.82) is 5.26 Å². The van der Waals surface area contributed by atoms with Crippen LogP contribution in [0.15, 0.2) is 36.4 Å². The van der Waals surface area contributed by atoms with Crippen LogP contribution >= 0.6 is 12.2 Å². The van der Waals surface area contributed by atoms with E-state index in [0.717, 1.165) is 22.2 Å². The second-order valence-electron chi connectivity index (χ2n) is 6.28. The summed E-state index contributed by atoms with van der Waals surface area (Å²) in [6.45, 7) is 2.38.